The molecule has 0 aliphatic carbocycles. The fourth-order valence-corrected chi connectivity index (χ4v) is 0.915. The molecule has 0 heterocycles. The van der Waals surface area contributed by atoms with Crippen LogP contribution < -0.4 is 5.48 Å². The standard InChI is InChI=1S/C9H13NO3/c1-2-13-10-6-7-3-4-8(11)9(12)5-7/h3-5,10-12H,2,6H2,1H3. The average Bonchev–Trinajstić information content (AvgIpc) is 2.12. The van der Waals surface area contributed by atoms with Crippen molar-refractivity contribution < 1.29 is 15.1 Å². The summed E-state index contributed by atoms with van der Waals surface area (Å²) in [5.74, 6) is -0.226. The molecule has 0 aromatic heterocycles. The molecule has 72 valence electrons. The predicted octanol–water partition coefficient (Wildman–Crippen LogP) is 1.14. The molecule has 0 aliphatic rings. The topological polar surface area (TPSA) is 61.7 Å². The summed E-state index contributed by atoms with van der Waals surface area (Å²) in [5.41, 5.74) is 3.56. The molecule has 1 rings (SSSR count). The van der Waals surface area contributed by atoms with E-state index in [1.165, 1.54) is 12.1 Å². The van der Waals surface area contributed by atoms with E-state index in [0.717, 1.165) is 5.56 Å². The Kier molecular flexibility index (Phi) is 3.54. The second-order valence-corrected chi connectivity index (χ2v) is 2.58. The van der Waals surface area contributed by atoms with Crippen LogP contribution in [-0.4, -0.2) is 16.8 Å². The number of hydrogen-bond acceptors (Lipinski definition) is 4. The lowest BCUT2D eigenvalue weighted by Gasteiger charge is -2.04. The maximum Gasteiger partial charge on any atom is 0.157 e. The Morgan fingerprint density at radius 3 is 2.69 bits per heavy atom. The summed E-state index contributed by atoms with van der Waals surface area (Å²) in [7, 11) is 0. The van der Waals surface area contributed by atoms with Crippen molar-refractivity contribution in [2.75, 3.05) is 6.61 Å². The molecule has 0 saturated heterocycles. The zero-order valence-corrected chi connectivity index (χ0v) is 7.45. The summed E-state index contributed by atoms with van der Waals surface area (Å²) in [6, 6.07) is 4.64. The largest absolute Gasteiger partial charge is 0.504 e. The number of rotatable bonds is 4. The molecule has 0 aliphatic heterocycles. The van der Waals surface area contributed by atoms with Crippen molar-refractivity contribution in [3.8, 4) is 11.5 Å². The van der Waals surface area contributed by atoms with Gasteiger partial charge in [-0.25, -0.2) is 0 Å². The van der Waals surface area contributed by atoms with Gasteiger partial charge in [0, 0.05) is 6.54 Å². The Hall–Kier alpha value is -1.26. The van der Waals surface area contributed by atoms with E-state index in [1.807, 2.05) is 6.92 Å². The lowest BCUT2D eigenvalue weighted by Crippen LogP contribution is -2.13. The van der Waals surface area contributed by atoms with Crippen LogP contribution in [0.5, 0.6) is 11.5 Å². The van der Waals surface area contributed by atoms with Gasteiger partial charge in [0.2, 0.25) is 0 Å². The molecular formula is C9H13NO3. The van der Waals surface area contributed by atoms with E-state index in [1.54, 1.807) is 6.07 Å². The van der Waals surface area contributed by atoms with Gasteiger partial charge >= 0.3 is 0 Å². The number of phenolic OH excluding ortho intramolecular Hbond substituents is 2. The average molecular weight is 183 g/mol. The summed E-state index contributed by atoms with van der Waals surface area (Å²) >= 11 is 0. The summed E-state index contributed by atoms with van der Waals surface area (Å²) in [6.07, 6.45) is 0. The Morgan fingerprint density at radius 1 is 1.31 bits per heavy atom. The SMILES string of the molecule is CCONCc1ccc(O)c(O)c1. The first kappa shape index (κ1) is 9.83. The van der Waals surface area contributed by atoms with Crippen LogP contribution in [0.25, 0.3) is 0 Å². The second kappa shape index (κ2) is 4.69. The third-order valence-electron chi connectivity index (χ3n) is 1.56. The van der Waals surface area contributed by atoms with Crippen molar-refractivity contribution >= 4 is 0 Å². The maximum absolute atomic E-state index is 9.14. The normalized spacial score (nSPS) is 10.2. The van der Waals surface area contributed by atoms with E-state index < -0.39 is 0 Å². The maximum atomic E-state index is 9.14. The van der Waals surface area contributed by atoms with E-state index in [2.05, 4.69) is 5.48 Å². The molecule has 4 nitrogen and oxygen atoms in total. The van der Waals surface area contributed by atoms with Crippen LogP contribution in [0.1, 0.15) is 12.5 Å². The molecule has 1 aromatic carbocycles. The summed E-state index contributed by atoms with van der Waals surface area (Å²) in [4.78, 5) is 4.91. The highest BCUT2D eigenvalue weighted by Gasteiger charge is 1.99. The molecule has 3 N–H and O–H groups in total. The highest BCUT2D eigenvalue weighted by atomic mass is 16.6. The highest BCUT2D eigenvalue weighted by molar-refractivity contribution is 5.40. The van der Waals surface area contributed by atoms with Gasteiger partial charge in [-0.05, 0) is 24.6 Å². The first-order chi connectivity index (χ1) is 6.24. The number of aromatic hydroxyl groups is 2. The zero-order valence-electron chi connectivity index (χ0n) is 7.45. The molecule has 0 bridgehead atoms. The number of hydroxylamine groups is 1. The van der Waals surface area contributed by atoms with Crippen LogP contribution >= 0.6 is 0 Å². The number of hydrogen-bond donors (Lipinski definition) is 3. The first-order valence-electron chi connectivity index (χ1n) is 4.09. The van der Waals surface area contributed by atoms with Crippen molar-refractivity contribution in [1.82, 2.24) is 5.48 Å². The van der Waals surface area contributed by atoms with Gasteiger partial charge in [0.15, 0.2) is 11.5 Å². The number of benzene rings is 1. The Balaban J connectivity index is 2.53. The van der Waals surface area contributed by atoms with E-state index in [-0.39, 0.29) is 11.5 Å². The molecular weight excluding hydrogens is 170 g/mol. The molecule has 0 spiro atoms. The van der Waals surface area contributed by atoms with Gasteiger partial charge in [0.25, 0.3) is 0 Å². The van der Waals surface area contributed by atoms with Crippen LogP contribution in [0.4, 0.5) is 0 Å². The van der Waals surface area contributed by atoms with Crippen LogP contribution in [0.3, 0.4) is 0 Å². The van der Waals surface area contributed by atoms with Crippen molar-refractivity contribution in [2.24, 2.45) is 0 Å². The summed E-state index contributed by atoms with van der Waals surface area (Å²) < 4.78 is 0. The molecule has 0 saturated carbocycles. The van der Waals surface area contributed by atoms with E-state index in [9.17, 15) is 0 Å². The van der Waals surface area contributed by atoms with Gasteiger partial charge in [-0.3, -0.25) is 0 Å². The molecule has 0 radical (unpaired) electrons. The molecule has 0 unspecified atom stereocenters. The zero-order chi connectivity index (χ0) is 9.68. The minimum absolute atomic E-state index is 0.111. The van der Waals surface area contributed by atoms with Crippen molar-refractivity contribution in [2.45, 2.75) is 13.5 Å². The Bertz CT molecular complexity index is 276. The first-order valence-corrected chi connectivity index (χ1v) is 4.09. The summed E-state index contributed by atoms with van der Waals surface area (Å²) in [6.45, 7) is 2.97. The van der Waals surface area contributed by atoms with Crippen molar-refractivity contribution in [3.05, 3.63) is 23.8 Å². The smallest absolute Gasteiger partial charge is 0.157 e. The molecule has 1 aromatic rings. The fourth-order valence-electron chi connectivity index (χ4n) is 0.915. The van der Waals surface area contributed by atoms with Crippen molar-refractivity contribution in [1.29, 1.82) is 0 Å². The van der Waals surface area contributed by atoms with Gasteiger partial charge in [0.1, 0.15) is 0 Å². The van der Waals surface area contributed by atoms with Gasteiger partial charge in [0.05, 0.1) is 6.61 Å². The van der Waals surface area contributed by atoms with Gasteiger partial charge in [-0.15, -0.1) is 0 Å². The molecule has 4 heteroatoms. The molecule has 13 heavy (non-hydrogen) atoms. The Labute approximate surface area is 76.7 Å². The van der Waals surface area contributed by atoms with Gasteiger partial charge in [-0.2, -0.15) is 5.48 Å². The van der Waals surface area contributed by atoms with Gasteiger partial charge in [-0.1, -0.05) is 6.07 Å². The minimum atomic E-state index is -0.115. The quantitative estimate of drug-likeness (QED) is 0.372. The third kappa shape index (κ3) is 2.93. The van der Waals surface area contributed by atoms with E-state index in [4.69, 9.17) is 15.1 Å². The molecule has 0 fully saturated rings. The third-order valence-corrected chi connectivity index (χ3v) is 1.56. The van der Waals surface area contributed by atoms with E-state index >= 15 is 0 Å². The van der Waals surface area contributed by atoms with Crippen LogP contribution in [0, 0.1) is 0 Å². The van der Waals surface area contributed by atoms with Crippen LogP contribution in [-0.2, 0) is 11.4 Å². The minimum Gasteiger partial charge on any atom is -0.504 e. The fraction of sp³-hybridized carbons (Fsp3) is 0.333. The highest BCUT2D eigenvalue weighted by Crippen LogP contribution is 2.24. The summed E-state index contributed by atoms with van der Waals surface area (Å²) in [5, 5.41) is 18.2. The predicted molar refractivity (Wildman–Crippen MR) is 48.2 cm³/mol. The lowest BCUT2D eigenvalue weighted by molar-refractivity contribution is 0.0463. The monoisotopic (exact) mass is 183 g/mol. The number of nitrogens with one attached hydrogen (secondary N) is 1. The number of phenols is 2. The van der Waals surface area contributed by atoms with Crippen LogP contribution in [0.2, 0.25) is 0 Å². The van der Waals surface area contributed by atoms with Crippen molar-refractivity contribution in [3.63, 3.8) is 0 Å². The lowest BCUT2D eigenvalue weighted by atomic mass is 10.2. The molecule has 0 atom stereocenters. The van der Waals surface area contributed by atoms with Crippen LogP contribution in [0.15, 0.2) is 18.2 Å². The molecule has 0 amide bonds. The Morgan fingerprint density at radius 2 is 2.08 bits per heavy atom. The van der Waals surface area contributed by atoms with E-state index in [0.29, 0.717) is 13.2 Å². The van der Waals surface area contributed by atoms with Gasteiger partial charge < -0.3 is 15.1 Å². The second-order valence-electron chi connectivity index (χ2n) is 2.58.